The molecular formula is C14H25N5O. The Morgan fingerprint density at radius 1 is 1.40 bits per heavy atom. The zero-order chi connectivity index (χ0) is 14.6. The molecule has 1 N–H and O–H groups in total. The smallest absolute Gasteiger partial charge is 0.160 e. The Labute approximate surface area is 120 Å². The van der Waals surface area contributed by atoms with Crippen LogP contribution in [0.25, 0.3) is 0 Å². The van der Waals surface area contributed by atoms with Gasteiger partial charge in [0.25, 0.3) is 0 Å². The Kier molecular flexibility index (Phi) is 4.88. The number of nitrogens with one attached hydrogen (secondary N) is 1. The van der Waals surface area contributed by atoms with Crippen LogP contribution in [0.1, 0.15) is 33.0 Å². The quantitative estimate of drug-likeness (QED) is 0.821. The largest absolute Gasteiger partial charge is 0.314 e. The van der Waals surface area contributed by atoms with Crippen molar-refractivity contribution < 1.29 is 4.79 Å². The second-order valence-electron chi connectivity index (χ2n) is 5.80. The fraction of sp³-hybridized carbons (Fsp3) is 0.786. The Morgan fingerprint density at radius 3 is 2.75 bits per heavy atom. The number of carbonyl (C=O) groups excluding carboxylic acids is 1. The molecule has 0 atom stereocenters. The van der Waals surface area contributed by atoms with Gasteiger partial charge in [0.15, 0.2) is 5.78 Å². The summed E-state index contributed by atoms with van der Waals surface area (Å²) in [7, 11) is 0. The lowest BCUT2D eigenvalue weighted by Gasteiger charge is -2.39. The van der Waals surface area contributed by atoms with E-state index in [1.807, 2.05) is 18.5 Å². The third kappa shape index (κ3) is 3.24. The molecule has 0 aromatic carbocycles. The minimum atomic E-state index is -0.439. The predicted octanol–water partition coefficient (Wildman–Crippen LogP) is 0.484. The molecule has 1 aliphatic heterocycles. The number of aryl methyl sites for hydroxylation is 1. The summed E-state index contributed by atoms with van der Waals surface area (Å²) in [6.07, 6.45) is 2.89. The monoisotopic (exact) mass is 279 g/mol. The molecule has 0 aliphatic carbocycles. The molecule has 1 aliphatic rings. The van der Waals surface area contributed by atoms with Gasteiger partial charge in [0, 0.05) is 32.7 Å². The van der Waals surface area contributed by atoms with E-state index in [4.69, 9.17) is 0 Å². The van der Waals surface area contributed by atoms with Crippen molar-refractivity contribution in [3.05, 3.63) is 12.2 Å². The maximum absolute atomic E-state index is 12.6. The summed E-state index contributed by atoms with van der Waals surface area (Å²) in [6.45, 7) is 10.7. The van der Waals surface area contributed by atoms with Crippen molar-refractivity contribution in [1.82, 2.24) is 25.0 Å². The first-order valence-electron chi connectivity index (χ1n) is 7.41. The van der Waals surface area contributed by atoms with Gasteiger partial charge in [-0.05, 0) is 20.3 Å². The molecule has 1 aromatic rings. The van der Waals surface area contributed by atoms with Crippen LogP contribution in [0.3, 0.4) is 0 Å². The van der Waals surface area contributed by atoms with Gasteiger partial charge in [-0.3, -0.25) is 9.69 Å². The first-order valence-corrected chi connectivity index (χ1v) is 7.41. The van der Waals surface area contributed by atoms with Crippen molar-refractivity contribution in [2.24, 2.45) is 0 Å². The highest BCUT2D eigenvalue weighted by Gasteiger charge is 2.35. The van der Waals surface area contributed by atoms with Crippen molar-refractivity contribution in [3.63, 3.8) is 0 Å². The van der Waals surface area contributed by atoms with Gasteiger partial charge in [0.1, 0.15) is 12.2 Å². The maximum atomic E-state index is 12.6. The van der Waals surface area contributed by atoms with Gasteiger partial charge >= 0.3 is 0 Å². The summed E-state index contributed by atoms with van der Waals surface area (Å²) >= 11 is 0. The molecule has 0 unspecified atom stereocenters. The number of rotatable bonds is 6. The Hall–Kier alpha value is -1.27. The van der Waals surface area contributed by atoms with Crippen LogP contribution >= 0.6 is 0 Å². The fourth-order valence-corrected chi connectivity index (χ4v) is 2.58. The van der Waals surface area contributed by atoms with E-state index in [1.54, 1.807) is 0 Å². The zero-order valence-electron chi connectivity index (χ0n) is 12.7. The van der Waals surface area contributed by atoms with Crippen molar-refractivity contribution in [3.8, 4) is 0 Å². The van der Waals surface area contributed by atoms with Crippen LogP contribution < -0.4 is 5.32 Å². The van der Waals surface area contributed by atoms with Gasteiger partial charge in [-0.1, -0.05) is 6.92 Å². The number of carbonyl (C=O) groups is 1. The van der Waals surface area contributed by atoms with E-state index < -0.39 is 5.54 Å². The molecule has 2 rings (SSSR count). The van der Waals surface area contributed by atoms with Crippen molar-refractivity contribution in [2.75, 3.05) is 26.2 Å². The third-order valence-corrected chi connectivity index (χ3v) is 4.04. The van der Waals surface area contributed by atoms with Crippen LogP contribution in [-0.2, 0) is 17.8 Å². The highest BCUT2D eigenvalue weighted by atomic mass is 16.1. The highest BCUT2D eigenvalue weighted by Crippen LogP contribution is 2.18. The molecule has 1 saturated heterocycles. The van der Waals surface area contributed by atoms with E-state index in [9.17, 15) is 4.79 Å². The van der Waals surface area contributed by atoms with Gasteiger partial charge in [-0.2, -0.15) is 5.10 Å². The van der Waals surface area contributed by atoms with Gasteiger partial charge < -0.3 is 5.32 Å². The Morgan fingerprint density at radius 2 is 2.10 bits per heavy atom. The van der Waals surface area contributed by atoms with E-state index in [1.165, 1.54) is 6.33 Å². The lowest BCUT2D eigenvalue weighted by Crippen LogP contribution is -2.57. The fourth-order valence-electron chi connectivity index (χ4n) is 2.58. The number of nitrogens with zero attached hydrogens (tertiary/aromatic N) is 4. The number of hydrogen-bond acceptors (Lipinski definition) is 5. The molecule has 0 spiro atoms. The molecule has 2 heterocycles. The molecule has 0 bridgehead atoms. The van der Waals surface area contributed by atoms with Crippen LogP contribution in [0.2, 0.25) is 0 Å². The number of hydrogen-bond donors (Lipinski definition) is 1. The van der Waals surface area contributed by atoms with Crippen LogP contribution in [0.15, 0.2) is 6.33 Å². The number of Topliss-reactive ketones (excluding diaryl/α,β-unsaturated/α-hetero) is 1. The van der Waals surface area contributed by atoms with Gasteiger partial charge in [-0.15, -0.1) is 0 Å². The van der Waals surface area contributed by atoms with E-state index in [0.717, 1.165) is 45.0 Å². The molecule has 20 heavy (non-hydrogen) atoms. The predicted molar refractivity (Wildman–Crippen MR) is 77.5 cm³/mol. The molecule has 6 heteroatoms. The minimum absolute atomic E-state index is 0.213. The second kappa shape index (κ2) is 6.45. The highest BCUT2D eigenvalue weighted by molar-refractivity contribution is 5.88. The molecule has 0 radical (unpaired) electrons. The summed E-state index contributed by atoms with van der Waals surface area (Å²) < 4.78 is 1.84. The number of aromatic nitrogens is 3. The van der Waals surface area contributed by atoms with Crippen molar-refractivity contribution in [2.45, 2.75) is 45.7 Å². The lowest BCUT2D eigenvalue weighted by molar-refractivity contribution is -0.129. The van der Waals surface area contributed by atoms with E-state index in [-0.39, 0.29) is 5.78 Å². The standard InChI is InChI=1S/C14H25N5O/c1-4-7-19-13(16-11-17-19)10-12(20)14(2,3)18-8-5-15-6-9-18/h11,15H,4-10H2,1-3H3. The molecule has 1 fully saturated rings. The van der Waals surface area contributed by atoms with Crippen LogP contribution in [0.4, 0.5) is 0 Å². The average Bonchev–Trinajstić information content (AvgIpc) is 2.87. The third-order valence-electron chi connectivity index (χ3n) is 4.04. The van der Waals surface area contributed by atoms with E-state index in [2.05, 4.69) is 27.2 Å². The second-order valence-corrected chi connectivity index (χ2v) is 5.80. The summed E-state index contributed by atoms with van der Waals surface area (Å²) in [4.78, 5) is 19.1. The van der Waals surface area contributed by atoms with Crippen LogP contribution in [-0.4, -0.2) is 57.2 Å². The average molecular weight is 279 g/mol. The first kappa shape index (κ1) is 15.1. The van der Waals surface area contributed by atoms with Gasteiger partial charge in [0.2, 0.25) is 0 Å². The molecule has 0 saturated carbocycles. The first-order chi connectivity index (χ1) is 9.55. The molecule has 1 aromatic heterocycles. The maximum Gasteiger partial charge on any atom is 0.160 e. The van der Waals surface area contributed by atoms with Crippen LogP contribution in [0, 0.1) is 0 Å². The molecule has 112 valence electrons. The normalized spacial score (nSPS) is 17.4. The van der Waals surface area contributed by atoms with Crippen LogP contribution in [0.5, 0.6) is 0 Å². The number of ketones is 1. The minimum Gasteiger partial charge on any atom is -0.314 e. The topological polar surface area (TPSA) is 63.1 Å². The lowest BCUT2D eigenvalue weighted by atomic mass is 9.93. The zero-order valence-corrected chi connectivity index (χ0v) is 12.7. The summed E-state index contributed by atoms with van der Waals surface area (Å²) in [5.41, 5.74) is -0.439. The molecule has 6 nitrogen and oxygen atoms in total. The SMILES string of the molecule is CCCn1ncnc1CC(=O)C(C)(C)N1CCNCC1. The summed E-state index contributed by atoms with van der Waals surface area (Å²) in [5.74, 6) is 0.991. The molecular weight excluding hydrogens is 254 g/mol. The Balaban J connectivity index is 2.04. The molecule has 0 amide bonds. The summed E-state index contributed by atoms with van der Waals surface area (Å²) in [5, 5.41) is 7.50. The Bertz CT molecular complexity index is 448. The van der Waals surface area contributed by atoms with Gasteiger partial charge in [-0.25, -0.2) is 9.67 Å². The van der Waals surface area contributed by atoms with Crippen molar-refractivity contribution in [1.29, 1.82) is 0 Å². The van der Waals surface area contributed by atoms with E-state index >= 15 is 0 Å². The number of piperazine rings is 1. The van der Waals surface area contributed by atoms with E-state index in [0.29, 0.717) is 6.42 Å². The van der Waals surface area contributed by atoms with Gasteiger partial charge in [0.05, 0.1) is 12.0 Å². The summed E-state index contributed by atoms with van der Waals surface area (Å²) in [6, 6.07) is 0. The van der Waals surface area contributed by atoms with Crippen molar-refractivity contribution >= 4 is 5.78 Å².